The van der Waals surface area contributed by atoms with E-state index in [9.17, 15) is 13.2 Å². The molecule has 2 aromatic carbocycles. The van der Waals surface area contributed by atoms with Gasteiger partial charge in [0.1, 0.15) is 4.90 Å². The average Bonchev–Trinajstić information content (AvgIpc) is 2.52. The predicted octanol–water partition coefficient (Wildman–Crippen LogP) is 2.70. The molecule has 0 aliphatic rings. The number of carbonyl (C=O) groups is 1. The van der Waals surface area contributed by atoms with Crippen molar-refractivity contribution < 1.29 is 13.2 Å². The first-order valence-corrected chi connectivity index (χ1v) is 8.92. The lowest BCUT2D eigenvalue weighted by Crippen LogP contribution is -2.34. The second-order valence-corrected chi connectivity index (χ2v) is 7.09. The summed E-state index contributed by atoms with van der Waals surface area (Å²) in [7, 11) is -3.85. The van der Waals surface area contributed by atoms with Gasteiger partial charge in [0.2, 0.25) is 10.0 Å². The zero-order valence-electron chi connectivity index (χ0n) is 11.9. The average molecular weight is 373 g/mol. The predicted molar refractivity (Wildman–Crippen MR) is 90.4 cm³/mol. The third-order valence-electron chi connectivity index (χ3n) is 2.93. The second-order valence-electron chi connectivity index (χ2n) is 4.57. The molecule has 0 saturated heterocycles. The molecule has 5 nitrogen and oxygen atoms in total. The molecular formula is C15H14Cl2N2O3S. The Bertz CT molecular complexity index is 775. The Kier molecular flexibility index (Phi) is 6.01. The smallest absolute Gasteiger partial charge is 0.251 e. The van der Waals surface area contributed by atoms with Crippen molar-refractivity contribution in [1.82, 2.24) is 10.0 Å². The van der Waals surface area contributed by atoms with Gasteiger partial charge in [-0.15, -0.1) is 0 Å². The van der Waals surface area contributed by atoms with E-state index < -0.39 is 10.0 Å². The molecule has 0 bridgehead atoms. The van der Waals surface area contributed by atoms with Crippen molar-refractivity contribution in [2.24, 2.45) is 0 Å². The van der Waals surface area contributed by atoms with Gasteiger partial charge in [0.05, 0.1) is 10.0 Å². The van der Waals surface area contributed by atoms with Gasteiger partial charge in [-0.05, 0) is 24.3 Å². The van der Waals surface area contributed by atoms with Gasteiger partial charge in [-0.2, -0.15) is 0 Å². The van der Waals surface area contributed by atoms with E-state index in [1.54, 1.807) is 36.4 Å². The van der Waals surface area contributed by atoms with Crippen LogP contribution in [0, 0.1) is 0 Å². The Labute approximate surface area is 144 Å². The summed E-state index contributed by atoms with van der Waals surface area (Å²) in [6.45, 7) is 0.150. The van der Waals surface area contributed by atoms with Gasteiger partial charge in [0.25, 0.3) is 5.91 Å². The Morgan fingerprint density at radius 3 is 2.13 bits per heavy atom. The number of halogens is 2. The van der Waals surface area contributed by atoms with Crippen LogP contribution in [0.3, 0.4) is 0 Å². The fourth-order valence-corrected chi connectivity index (χ4v) is 4.04. The van der Waals surface area contributed by atoms with Gasteiger partial charge < -0.3 is 5.32 Å². The Hall–Kier alpha value is -1.60. The van der Waals surface area contributed by atoms with Crippen molar-refractivity contribution in [3.8, 4) is 0 Å². The first-order chi connectivity index (χ1) is 10.9. The molecule has 2 rings (SSSR count). The standard InChI is InChI=1S/C15H14Cl2N2O3S/c16-12-7-4-8-13(17)14(12)23(21,22)19-10-9-18-15(20)11-5-2-1-3-6-11/h1-8,19H,9-10H2,(H,18,20). The Balaban J connectivity index is 1.92. The van der Waals surface area contributed by atoms with E-state index in [0.29, 0.717) is 5.56 Å². The van der Waals surface area contributed by atoms with Gasteiger partial charge >= 0.3 is 0 Å². The zero-order chi connectivity index (χ0) is 16.9. The second kappa shape index (κ2) is 7.79. The van der Waals surface area contributed by atoms with Crippen LogP contribution < -0.4 is 10.0 Å². The van der Waals surface area contributed by atoms with Crippen LogP contribution in [0.5, 0.6) is 0 Å². The highest BCUT2D eigenvalue weighted by Crippen LogP contribution is 2.28. The van der Waals surface area contributed by atoms with Crippen molar-refractivity contribution >= 4 is 39.1 Å². The minimum Gasteiger partial charge on any atom is -0.351 e. The lowest BCUT2D eigenvalue weighted by Gasteiger charge is -2.10. The largest absolute Gasteiger partial charge is 0.351 e. The summed E-state index contributed by atoms with van der Waals surface area (Å²) >= 11 is 11.8. The Morgan fingerprint density at radius 2 is 1.52 bits per heavy atom. The highest BCUT2D eigenvalue weighted by atomic mass is 35.5. The van der Waals surface area contributed by atoms with Crippen LogP contribution in [0.1, 0.15) is 10.4 Å². The Morgan fingerprint density at radius 1 is 0.913 bits per heavy atom. The molecule has 0 radical (unpaired) electrons. The molecule has 0 spiro atoms. The summed E-state index contributed by atoms with van der Waals surface area (Å²) in [5.41, 5.74) is 0.504. The molecule has 23 heavy (non-hydrogen) atoms. The molecule has 2 aromatic rings. The fraction of sp³-hybridized carbons (Fsp3) is 0.133. The van der Waals surface area contributed by atoms with E-state index in [1.807, 2.05) is 0 Å². The fourth-order valence-electron chi connectivity index (χ4n) is 1.86. The number of amides is 1. The van der Waals surface area contributed by atoms with Crippen LogP contribution in [-0.2, 0) is 10.0 Å². The lowest BCUT2D eigenvalue weighted by molar-refractivity contribution is 0.0954. The highest BCUT2D eigenvalue weighted by molar-refractivity contribution is 7.89. The molecule has 1 amide bonds. The SMILES string of the molecule is O=C(NCCNS(=O)(=O)c1c(Cl)cccc1Cl)c1ccccc1. The molecule has 0 heterocycles. The zero-order valence-corrected chi connectivity index (χ0v) is 14.3. The third-order valence-corrected chi connectivity index (χ3v) is 5.34. The van der Waals surface area contributed by atoms with Crippen molar-refractivity contribution in [3.05, 3.63) is 64.1 Å². The molecule has 0 fully saturated rings. The van der Waals surface area contributed by atoms with Gasteiger partial charge in [-0.1, -0.05) is 47.5 Å². The number of rotatable bonds is 6. The number of benzene rings is 2. The molecule has 2 N–H and O–H groups in total. The number of carbonyl (C=O) groups excluding carboxylic acids is 1. The van der Waals surface area contributed by atoms with Crippen LogP contribution in [0.2, 0.25) is 10.0 Å². The van der Waals surface area contributed by atoms with E-state index in [-0.39, 0.29) is 33.9 Å². The van der Waals surface area contributed by atoms with Crippen LogP contribution in [0.15, 0.2) is 53.4 Å². The van der Waals surface area contributed by atoms with Gasteiger partial charge in [0.15, 0.2) is 0 Å². The van der Waals surface area contributed by atoms with Crippen LogP contribution in [-0.4, -0.2) is 27.4 Å². The minimum absolute atomic E-state index is 0.0163. The molecule has 0 aromatic heterocycles. The first kappa shape index (κ1) is 17.7. The van der Waals surface area contributed by atoms with Gasteiger partial charge in [-0.25, -0.2) is 13.1 Å². The maximum absolute atomic E-state index is 12.2. The highest BCUT2D eigenvalue weighted by Gasteiger charge is 2.20. The van der Waals surface area contributed by atoms with Crippen molar-refractivity contribution in [3.63, 3.8) is 0 Å². The van der Waals surface area contributed by atoms with Crippen molar-refractivity contribution in [2.75, 3.05) is 13.1 Å². The topological polar surface area (TPSA) is 75.3 Å². The normalized spacial score (nSPS) is 11.2. The summed E-state index contributed by atoms with van der Waals surface area (Å²) in [4.78, 5) is 11.6. The van der Waals surface area contributed by atoms with Crippen molar-refractivity contribution in [2.45, 2.75) is 4.90 Å². The minimum atomic E-state index is -3.85. The molecule has 0 aliphatic carbocycles. The number of hydrogen-bond acceptors (Lipinski definition) is 3. The monoisotopic (exact) mass is 372 g/mol. The lowest BCUT2D eigenvalue weighted by atomic mass is 10.2. The summed E-state index contributed by atoms with van der Waals surface area (Å²) in [6.07, 6.45) is 0. The van der Waals surface area contributed by atoms with Crippen molar-refractivity contribution in [1.29, 1.82) is 0 Å². The quantitative estimate of drug-likeness (QED) is 0.765. The summed E-state index contributed by atoms with van der Waals surface area (Å²) < 4.78 is 26.7. The van der Waals surface area contributed by atoms with Gasteiger partial charge in [0, 0.05) is 18.7 Å². The first-order valence-electron chi connectivity index (χ1n) is 6.69. The van der Waals surface area contributed by atoms with Crippen LogP contribution in [0.25, 0.3) is 0 Å². The summed E-state index contributed by atoms with van der Waals surface area (Å²) in [5, 5.41) is 2.70. The number of nitrogens with one attached hydrogen (secondary N) is 2. The van der Waals surface area contributed by atoms with Crippen LogP contribution >= 0.6 is 23.2 Å². The summed E-state index contributed by atoms with van der Waals surface area (Å²) in [5.74, 6) is -0.277. The van der Waals surface area contributed by atoms with E-state index in [4.69, 9.17) is 23.2 Å². The van der Waals surface area contributed by atoms with E-state index >= 15 is 0 Å². The molecule has 0 saturated carbocycles. The molecule has 0 unspecified atom stereocenters. The molecule has 0 aliphatic heterocycles. The van der Waals surface area contributed by atoms with Gasteiger partial charge in [-0.3, -0.25) is 4.79 Å². The molecule has 0 atom stereocenters. The summed E-state index contributed by atoms with van der Waals surface area (Å²) in [6, 6.07) is 13.1. The number of hydrogen-bond donors (Lipinski definition) is 2. The molecule has 122 valence electrons. The van der Waals surface area contributed by atoms with E-state index in [1.165, 1.54) is 12.1 Å². The third kappa shape index (κ3) is 4.68. The van der Waals surface area contributed by atoms with E-state index in [0.717, 1.165) is 0 Å². The molecule has 8 heteroatoms. The molecular weight excluding hydrogens is 359 g/mol. The maximum Gasteiger partial charge on any atom is 0.251 e. The van der Waals surface area contributed by atoms with Crippen LogP contribution in [0.4, 0.5) is 0 Å². The number of sulfonamides is 1. The maximum atomic E-state index is 12.2. The van der Waals surface area contributed by atoms with E-state index in [2.05, 4.69) is 10.0 Å².